The van der Waals surface area contributed by atoms with E-state index in [0.717, 1.165) is 5.56 Å². The van der Waals surface area contributed by atoms with Crippen molar-refractivity contribution in [1.82, 2.24) is 4.98 Å². The van der Waals surface area contributed by atoms with E-state index in [-0.39, 0.29) is 11.8 Å². The third-order valence-electron chi connectivity index (χ3n) is 3.10. The third-order valence-corrected chi connectivity index (χ3v) is 3.10. The van der Waals surface area contributed by atoms with E-state index >= 15 is 0 Å². The fourth-order valence-electron chi connectivity index (χ4n) is 1.89. The van der Waals surface area contributed by atoms with Crippen LogP contribution >= 0.6 is 0 Å². The van der Waals surface area contributed by atoms with Gasteiger partial charge in [0, 0.05) is 7.11 Å². The van der Waals surface area contributed by atoms with E-state index in [1.807, 2.05) is 30.3 Å². The van der Waals surface area contributed by atoms with Gasteiger partial charge in [-0.05, 0) is 5.56 Å². The average molecular weight is 305 g/mol. The SMILES string of the molecule is COC(=O)c1coc(C[C@H](COCc2ccccc2)OC)n1. The lowest BCUT2D eigenvalue weighted by Gasteiger charge is -2.13. The zero-order chi connectivity index (χ0) is 15.8. The zero-order valence-corrected chi connectivity index (χ0v) is 12.7. The maximum atomic E-state index is 11.3. The van der Waals surface area contributed by atoms with Crippen LogP contribution in [-0.4, -0.2) is 37.9 Å². The maximum Gasteiger partial charge on any atom is 0.360 e. The van der Waals surface area contributed by atoms with Gasteiger partial charge in [-0.25, -0.2) is 9.78 Å². The second-order valence-electron chi connectivity index (χ2n) is 4.68. The second kappa shape index (κ2) is 8.31. The van der Waals surface area contributed by atoms with E-state index < -0.39 is 5.97 Å². The molecule has 0 saturated heterocycles. The molecule has 1 aromatic carbocycles. The lowest BCUT2D eigenvalue weighted by Crippen LogP contribution is -2.21. The van der Waals surface area contributed by atoms with Crippen LogP contribution < -0.4 is 0 Å². The van der Waals surface area contributed by atoms with Gasteiger partial charge in [-0.3, -0.25) is 0 Å². The molecule has 1 aromatic heterocycles. The first-order chi connectivity index (χ1) is 10.7. The van der Waals surface area contributed by atoms with Gasteiger partial charge in [0.15, 0.2) is 11.6 Å². The van der Waals surface area contributed by atoms with Crippen LogP contribution in [-0.2, 0) is 27.2 Å². The number of rotatable bonds is 8. The van der Waals surface area contributed by atoms with Gasteiger partial charge in [-0.2, -0.15) is 0 Å². The summed E-state index contributed by atoms with van der Waals surface area (Å²) in [6, 6.07) is 9.89. The summed E-state index contributed by atoms with van der Waals surface area (Å²) in [4.78, 5) is 15.4. The molecule has 0 unspecified atom stereocenters. The number of oxazole rings is 1. The monoisotopic (exact) mass is 305 g/mol. The zero-order valence-electron chi connectivity index (χ0n) is 12.7. The Morgan fingerprint density at radius 2 is 2.05 bits per heavy atom. The Labute approximate surface area is 129 Å². The van der Waals surface area contributed by atoms with E-state index in [0.29, 0.717) is 25.5 Å². The molecule has 0 radical (unpaired) electrons. The van der Waals surface area contributed by atoms with Gasteiger partial charge in [0.25, 0.3) is 0 Å². The number of carbonyl (C=O) groups is 1. The number of aromatic nitrogens is 1. The number of esters is 1. The van der Waals surface area contributed by atoms with E-state index in [4.69, 9.17) is 13.9 Å². The van der Waals surface area contributed by atoms with E-state index in [2.05, 4.69) is 9.72 Å². The molecule has 2 aromatic rings. The number of nitrogens with zero attached hydrogens (tertiary/aromatic N) is 1. The van der Waals surface area contributed by atoms with E-state index in [1.165, 1.54) is 13.4 Å². The van der Waals surface area contributed by atoms with Crippen molar-refractivity contribution in [2.75, 3.05) is 20.8 Å². The van der Waals surface area contributed by atoms with Gasteiger partial charge in [0.05, 0.1) is 32.8 Å². The van der Waals surface area contributed by atoms with Crippen LogP contribution in [0.3, 0.4) is 0 Å². The van der Waals surface area contributed by atoms with Gasteiger partial charge in [-0.1, -0.05) is 30.3 Å². The molecule has 0 fully saturated rings. The highest BCUT2D eigenvalue weighted by Gasteiger charge is 2.16. The quantitative estimate of drug-likeness (QED) is 0.697. The van der Waals surface area contributed by atoms with Crippen molar-refractivity contribution in [2.24, 2.45) is 0 Å². The van der Waals surface area contributed by atoms with Crippen LogP contribution in [0.25, 0.3) is 0 Å². The Kier molecular flexibility index (Phi) is 6.12. The number of hydrogen-bond donors (Lipinski definition) is 0. The molecule has 118 valence electrons. The van der Waals surface area contributed by atoms with Crippen LogP contribution in [0.4, 0.5) is 0 Å². The first-order valence-electron chi connectivity index (χ1n) is 6.90. The smallest absolute Gasteiger partial charge is 0.360 e. The first-order valence-corrected chi connectivity index (χ1v) is 6.90. The minimum Gasteiger partial charge on any atom is -0.464 e. The first kappa shape index (κ1) is 16.2. The summed E-state index contributed by atoms with van der Waals surface area (Å²) in [5.41, 5.74) is 1.25. The summed E-state index contributed by atoms with van der Waals surface area (Å²) in [5, 5.41) is 0. The van der Waals surface area contributed by atoms with Crippen molar-refractivity contribution in [3.8, 4) is 0 Å². The fraction of sp³-hybridized carbons (Fsp3) is 0.375. The van der Waals surface area contributed by atoms with Gasteiger partial charge >= 0.3 is 5.97 Å². The Morgan fingerprint density at radius 1 is 1.27 bits per heavy atom. The molecule has 1 heterocycles. The van der Waals surface area contributed by atoms with Crippen LogP contribution in [0.1, 0.15) is 21.9 Å². The summed E-state index contributed by atoms with van der Waals surface area (Å²) in [6.07, 6.45) is 1.49. The molecule has 6 nitrogen and oxygen atoms in total. The summed E-state index contributed by atoms with van der Waals surface area (Å²) in [5.74, 6) is -0.111. The number of benzene rings is 1. The molecule has 0 aliphatic carbocycles. The van der Waals surface area contributed by atoms with E-state index in [9.17, 15) is 4.79 Å². The molecule has 0 N–H and O–H groups in total. The van der Waals surface area contributed by atoms with E-state index in [1.54, 1.807) is 7.11 Å². The second-order valence-corrected chi connectivity index (χ2v) is 4.68. The Bertz CT molecular complexity index is 581. The topological polar surface area (TPSA) is 70.8 Å². The maximum absolute atomic E-state index is 11.3. The Hall–Kier alpha value is -2.18. The van der Waals surface area contributed by atoms with Crippen LogP contribution in [0, 0.1) is 0 Å². The summed E-state index contributed by atoms with van der Waals surface area (Å²) < 4.78 is 20.8. The highest BCUT2D eigenvalue weighted by atomic mass is 16.5. The standard InChI is InChI=1S/C16H19NO5/c1-19-13(10-21-9-12-6-4-3-5-7-12)8-15-17-14(11-22-15)16(18)20-2/h3-7,11,13H,8-10H2,1-2H3/t13-/m1/s1. The van der Waals surface area contributed by atoms with Gasteiger partial charge in [0.2, 0.25) is 0 Å². The van der Waals surface area contributed by atoms with Crippen molar-refractivity contribution in [3.05, 3.63) is 53.7 Å². The van der Waals surface area contributed by atoms with Crippen molar-refractivity contribution < 1.29 is 23.4 Å². The molecule has 1 atom stereocenters. The van der Waals surface area contributed by atoms with Crippen molar-refractivity contribution in [1.29, 1.82) is 0 Å². The molecule has 0 saturated carbocycles. The van der Waals surface area contributed by atoms with Crippen molar-refractivity contribution in [3.63, 3.8) is 0 Å². The number of ether oxygens (including phenoxy) is 3. The fourth-order valence-corrected chi connectivity index (χ4v) is 1.89. The minimum atomic E-state index is -0.524. The Balaban J connectivity index is 1.81. The van der Waals surface area contributed by atoms with Crippen LogP contribution in [0.5, 0.6) is 0 Å². The van der Waals surface area contributed by atoms with Crippen LogP contribution in [0.2, 0.25) is 0 Å². The predicted octanol–water partition coefficient (Wildman–Crippen LogP) is 2.24. The summed E-state index contributed by atoms with van der Waals surface area (Å²) in [6.45, 7) is 0.918. The molecular weight excluding hydrogens is 286 g/mol. The molecule has 0 bridgehead atoms. The minimum absolute atomic E-state index is 0.151. The molecule has 0 spiro atoms. The van der Waals surface area contributed by atoms with Gasteiger partial charge in [-0.15, -0.1) is 0 Å². The summed E-state index contributed by atoms with van der Waals surface area (Å²) in [7, 11) is 2.90. The molecule has 2 rings (SSSR count). The lowest BCUT2D eigenvalue weighted by atomic mass is 10.2. The summed E-state index contributed by atoms with van der Waals surface area (Å²) >= 11 is 0. The van der Waals surface area contributed by atoms with Crippen molar-refractivity contribution in [2.45, 2.75) is 19.1 Å². The normalized spacial score (nSPS) is 12.1. The molecule has 0 aliphatic rings. The molecule has 0 aliphatic heterocycles. The van der Waals surface area contributed by atoms with Crippen LogP contribution in [0.15, 0.2) is 41.0 Å². The molecule has 6 heteroatoms. The average Bonchev–Trinajstić information content (AvgIpc) is 3.02. The highest BCUT2D eigenvalue weighted by Crippen LogP contribution is 2.09. The predicted molar refractivity (Wildman–Crippen MR) is 78.4 cm³/mol. The van der Waals surface area contributed by atoms with Gasteiger partial charge in [0.1, 0.15) is 6.26 Å². The lowest BCUT2D eigenvalue weighted by molar-refractivity contribution is -0.000296. The number of carbonyl (C=O) groups excluding carboxylic acids is 1. The van der Waals surface area contributed by atoms with Crippen molar-refractivity contribution >= 4 is 5.97 Å². The third kappa shape index (κ3) is 4.68. The molecule has 22 heavy (non-hydrogen) atoms. The highest BCUT2D eigenvalue weighted by molar-refractivity contribution is 5.86. The molecular formula is C16H19NO5. The number of hydrogen-bond acceptors (Lipinski definition) is 6. The van der Waals surface area contributed by atoms with Gasteiger partial charge < -0.3 is 18.6 Å². The number of methoxy groups -OCH3 is 2. The Morgan fingerprint density at radius 3 is 2.73 bits per heavy atom. The largest absolute Gasteiger partial charge is 0.464 e. The molecule has 0 amide bonds.